The minimum atomic E-state index is -0.149. The van der Waals surface area contributed by atoms with Crippen LogP contribution in [0.1, 0.15) is 23.7 Å². The van der Waals surface area contributed by atoms with Gasteiger partial charge in [0.1, 0.15) is 10.8 Å². The zero-order valence-electron chi connectivity index (χ0n) is 15.6. The number of pyridine rings is 1. The molecule has 29 heavy (non-hydrogen) atoms. The minimum Gasteiger partial charge on any atom is -0.350 e. The van der Waals surface area contributed by atoms with Gasteiger partial charge >= 0.3 is 0 Å². The Morgan fingerprint density at radius 2 is 1.93 bits per heavy atom. The first-order chi connectivity index (χ1) is 14.2. The summed E-state index contributed by atoms with van der Waals surface area (Å²) in [5.41, 5.74) is 2.41. The molecule has 0 spiro atoms. The maximum absolute atomic E-state index is 12.1. The van der Waals surface area contributed by atoms with Crippen LogP contribution in [0.4, 0.5) is 0 Å². The van der Waals surface area contributed by atoms with Gasteiger partial charge in [0.25, 0.3) is 5.56 Å². The summed E-state index contributed by atoms with van der Waals surface area (Å²) < 4.78 is 0. The summed E-state index contributed by atoms with van der Waals surface area (Å²) in [5, 5.41) is 6.29. The van der Waals surface area contributed by atoms with Gasteiger partial charge in [-0.1, -0.05) is 12.1 Å². The van der Waals surface area contributed by atoms with Crippen LogP contribution in [-0.2, 0) is 17.8 Å². The van der Waals surface area contributed by atoms with Crippen molar-refractivity contribution in [2.75, 3.05) is 0 Å². The number of thiazole rings is 1. The van der Waals surface area contributed by atoms with Gasteiger partial charge in [0.05, 0.1) is 23.1 Å². The molecule has 0 aliphatic carbocycles. The van der Waals surface area contributed by atoms with Crippen LogP contribution in [0.5, 0.6) is 0 Å². The van der Waals surface area contributed by atoms with Gasteiger partial charge in [-0.15, -0.1) is 11.3 Å². The fourth-order valence-electron chi connectivity index (χ4n) is 2.98. The van der Waals surface area contributed by atoms with Gasteiger partial charge in [-0.3, -0.25) is 14.6 Å². The molecule has 0 saturated heterocycles. The molecule has 0 aliphatic rings. The fraction of sp³-hybridized carbons (Fsp3) is 0.190. The number of aromatic amines is 1. The van der Waals surface area contributed by atoms with Crippen molar-refractivity contribution >= 4 is 28.1 Å². The molecule has 0 atom stereocenters. The molecule has 146 valence electrons. The number of nitrogens with zero attached hydrogens (tertiary/aromatic N) is 3. The average Bonchev–Trinajstić information content (AvgIpc) is 3.22. The second-order valence-electron chi connectivity index (χ2n) is 6.52. The number of H-pyrrole nitrogens is 1. The first kappa shape index (κ1) is 18.9. The van der Waals surface area contributed by atoms with Crippen LogP contribution < -0.4 is 10.9 Å². The molecule has 0 fully saturated rings. The second-order valence-corrected chi connectivity index (χ2v) is 7.47. The van der Waals surface area contributed by atoms with E-state index in [9.17, 15) is 9.59 Å². The van der Waals surface area contributed by atoms with E-state index in [1.165, 1.54) is 11.3 Å². The first-order valence-electron chi connectivity index (χ1n) is 9.28. The van der Waals surface area contributed by atoms with Gasteiger partial charge in [0, 0.05) is 36.2 Å². The molecule has 3 aromatic heterocycles. The minimum absolute atomic E-state index is 0.0474. The number of aromatic nitrogens is 4. The van der Waals surface area contributed by atoms with E-state index in [4.69, 9.17) is 0 Å². The third-order valence-electron chi connectivity index (χ3n) is 4.44. The van der Waals surface area contributed by atoms with Gasteiger partial charge in [-0.2, -0.15) is 0 Å². The van der Waals surface area contributed by atoms with Gasteiger partial charge in [0.2, 0.25) is 5.91 Å². The van der Waals surface area contributed by atoms with E-state index in [1.807, 2.05) is 35.7 Å². The van der Waals surface area contributed by atoms with Crippen molar-refractivity contribution in [3.63, 3.8) is 0 Å². The number of hydrogen-bond acceptors (Lipinski definition) is 6. The van der Waals surface area contributed by atoms with Crippen molar-refractivity contribution in [1.29, 1.82) is 0 Å². The number of carbonyl (C=O) groups is 1. The first-order valence-corrected chi connectivity index (χ1v) is 10.2. The van der Waals surface area contributed by atoms with Gasteiger partial charge in [-0.25, -0.2) is 9.97 Å². The Bertz CT molecular complexity index is 1190. The van der Waals surface area contributed by atoms with Crippen LogP contribution >= 0.6 is 11.3 Å². The lowest BCUT2D eigenvalue weighted by molar-refractivity contribution is -0.121. The molecule has 1 amide bonds. The second kappa shape index (κ2) is 8.74. The van der Waals surface area contributed by atoms with Crippen molar-refractivity contribution < 1.29 is 4.79 Å². The van der Waals surface area contributed by atoms with Gasteiger partial charge < -0.3 is 10.3 Å². The van der Waals surface area contributed by atoms with Gasteiger partial charge in [-0.05, 0) is 30.7 Å². The maximum Gasteiger partial charge on any atom is 0.258 e. The van der Waals surface area contributed by atoms with E-state index in [2.05, 4.69) is 25.3 Å². The number of rotatable bonds is 7. The predicted molar refractivity (Wildman–Crippen MR) is 112 cm³/mol. The molecule has 2 N–H and O–H groups in total. The molecule has 0 radical (unpaired) electrons. The monoisotopic (exact) mass is 405 g/mol. The topological polar surface area (TPSA) is 101 Å². The third-order valence-corrected chi connectivity index (χ3v) is 5.29. The van der Waals surface area contributed by atoms with Crippen LogP contribution in [0.25, 0.3) is 22.2 Å². The number of hydrogen-bond donors (Lipinski definition) is 2. The Hall–Kier alpha value is -3.39. The molecule has 4 rings (SSSR count). The average molecular weight is 405 g/mol. The van der Waals surface area contributed by atoms with E-state index in [0.29, 0.717) is 42.5 Å². The summed E-state index contributed by atoms with van der Waals surface area (Å²) in [7, 11) is 0. The smallest absolute Gasteiger partial charge is 0.258 e. The number of aryl methyl sites for hydroxylation is 1. The summed E-state index contributed by atoms with van der Waals surface area (Å²) in [4.78, 5) is 40.0. The van der Waals surface area contributed by atoms with Crippen LogP contribution in [0.3, 0.4) is 0 Å². The molecule has 0 saturated carbocycles. The summed E-state index contributed by atoms with van der Waals surface area (Å²) >= 11 is 1.51. The number of amides is 1. The van der Waals surface area contributed by atoms with E-state index in [1.54, 1.807) is 18.5 Å². The quantitative estimate of drug-likeness (QED) is 0.492. The molecule has 3 heterocycles. The van der Waals surface area contributed by atoms with Crippen LogP contribution in [-0.4, -0.2) is 25.8 Å². The zero-order valence-corrected chi connectivity index (χ0v) is 16.4. The van der Waals surface area contributed by atoms with E-state index >= 15 is 0 Å². The summed E-state index contributed by atoms with van der Waals surface area (Å²) in [6.07, 6.45) is 4.96. The summed E-state index contributed by atoms with van der Waals surface area (Å²) in [5.74, 6) is 0.553. The van der Waals surface area contributed by atoms with Crippen LogP contribution in [0.15, 0.2) is 59.0 Å². The van der Waals surface area contributed by atoms with Crippen molar-refractivity contribution in [2.24, 2.45) is 0 Å². The molecule has 8 heteroatoms. The molecule has 0 unspecified atom stereocenters. The Morgan fingerprint density at radius 1 is 1.10 bits per heavy atom. The number of fused-ring (bicyclic) bond motifs is 1. The number of carbonyl (C=O) groups excluding carboxylic acids is 1. The molecular weight excluding hydrogens is 386 g/mol. The molecular formula is C21H19N5O2S. The largest absolute Gasteiger partial charge is 0.350 e. The van der Waals surface area contributed by atoms with Crippen molar-refractivity contribution in [3.8, 4) is 11.3 Å². The van der Waals surface area contributed by atoms with Crippen LogP contribution in [0.2, 0.25) is 0 Å². The normalized spacial score (nSPS) is 10.9. The number of para-hydroxylation sites is 1. The van der Waals surface area contributed by atoms with Crippen molar-refractivity contribution in [3.05, 3.63) is 75.4 Å². The third kappa shape index (κ3) is 4.72. The predicted octanol–water partition coefficient (Wildman–Crippen LogP) is 3.08. The fourth-order valence-corrected chi connectivity index (χ4v) is 3.72. The summed E-state index contributed by atoms with van der Waals surface area (Å²) in [6, 6.07) is 11.0. The lowest BCUT2D eigenvalue weighted by Crippen LogP contribution is -2.22. The maximum atomic E-state index is 12.1. The van der Waals surface area contributed by atoms with Gasteiger partial charge in [0.15, 0.2) is 0 Å². The molecule has 0 aliphatic heterocycles. The Labute approximate surface area is 170 Å². The highest BCUT2D eigenvalue weighted by atomic mass is 32.1. The lowest BCUT2D eigenvalue weighted by atomic mass is 10.2. The van der Waals surface area contributed by atoms with Crippen molar-refractivity contribution in [1.82, 2.24) is 25.3 Å². The molecule has 0 bridgehead atoms. The van der Waals surface area contributed by atoms with E-state index in [0.717, 1.165) is 16.3 Å². The van der Waals surface area contributed by atoms with E-state index in [-0.39, 0.29) is 11.5 Å². The lowest BCUT2D eigenvalue weighted by Gasteiger charge is -2.04. The standard InChI is InChI=1S/C21H19N5O2S/c27-19(23-12-20-25-17(13-29-20)14-8-10-22-11-9-14)7-3-6-18-24-16-5-2-1-4-15(16)21(28)26-18/h1-2,4-5,8-11,13H,3,6-7,12H2,(H,23,27)(H,24,26,28). The molecule has 1 aromatic carbocycles. The highest BCUT2D eigenvalue weighted by Gasteiger charge is 2.08. The van der Waals surface area contributed by atoms with Crippen LogP contribution in [0, 0.1) is 0 Å². The number of nitrogens with one attached hydrogen (secondary N) is 2. The summed E-state index contributed by atoms with van der Waals surface area (Å²) in [6.45, 7) is 0.402. The Morgan fingerprint density at radius 3 is 2.79 bits per heavy atom. The Balaban J connectivity index is 1.27. The highest BCUT2D eigenvalue weighted by molar-refractivity contribution is 7.09. The zero-order chi connectivity index (χ0) is 20.1. The van der Waals surface area contributed by atoms with E-state index < -0.39 is 0 Å². The van der Waals surface area contributed by atoms with Crippen molar-refractivity contribution in [2.45, 2.75) is 25.8 Å². The molecule has 4 aromatic rings. The SMILES string of the molecule is O=C(CCCc1nc2ccccc2c(=O)[nH]1)NCc1nc(-c2ccncc2)cs1. The molecule has 7 nitrogen and oxygen atoms in total. The Kier molecular flexibility index (Phi) is 5.71. The highest BCUT2D eigenvalue weighted by Crippen LogP contribution is 2.20. The number of benzene rings is 1.